The van der Waals surface area contributed by atoms with E-state index in [9.17, 15) is 0 Å². The fourth-order valence-electron chi connectivity index (χ4n) is 1.14. The third-order valence-electron chi connectivity index (χ3n) is 2.17. The molecule has 1 aromatic heterocycles. The van der Waals surface area contributed by atoms with Gasteiger partial charge in [0, 0.05) is 30.5 Å². The largest absolute Gasteiger partial charge is 0.395 e. The van der Waals surface area contributed by atoms with Gasteiger partial charge in [-0.3, -0.25) is 0 Å². The van der Waals surface area contributed by atoms with Crippen molar-refractivity contribution in [3.8, 4) is 0 Å². The van der Waals surface area contributed by atoms with Crippen LogP contribution in [0.15, 0.2) is 17.6 Å². The Morgan fingerprint density at radius 2 is 2.13 bits per heavy atom. The number of aromatic nitrogens is 2. The fraction of sp³-hybridized carbons (Fsp3) is 0.600. The summed E-state index contributed by atoms with van der Waals surface area (Å²) in [6.07, 6.45) is 6.50. The molecule has 0 saturated carbocycles. The van der Waals surface area contributed by atoms with Gasteiger partial charge in [-0.1, -0.05) is 18.7 Å². The molecule has 0 amide bonds. The lowest BCUT2D eigenvalue weighted by molar-refractivity contribution is 0.238. The quantitative estimate of drug-likeness (QED) is 0.562. The minimum Gasteiger partial charge on any atom is -0.395 e. The summed E-state index contributed by atoms with van der Waals surface area (Å²) in [6.45, 7) is 2.91. The van der Waals surface area contributed by atoms with Crippen LogP contribution in [-0.2, 0) is 6.54 Å². The summed E-state index contributed by atoms with van der Waals surface area (Å²) < 4.78 is 0. The molecule has 1 heterocycles. The summed E-state index contributed by atoms with van der Waals surface area (Å²) >= 11 is 1.53. The molecular formula is C10H17N3OS. The molecule has 0 unspecified atom stereocenters. The number of hydrogen-bond donors (Lipinski definition) is 2. The van der Waals surface area contributed by atoms with Gasteiger partial charge in [-0.2, -0.15) is 0 Å². The number of rotatable bonds is 6. The second-order valence-electron chi connectivity index (χ2n) is 3.25. The van der Waals surface area contributed by atoms with E-state index < -0.39 is 0 Å². The maximum absolute atomic E-state index is 8.99. The van der Waals surface area contributed by atoms with Crippen LogP contribution in [0.4, 0.5) is 0 Å². The minimum atomic E-state index is 0.158. The van der Waals surface area contributed by atoms with Gasteiger partial charge in [0.2, 0.25) is 0 Å². The van der Waals surface area contributed by atoms with Crippen LogP contribution in [-0.4, -0.2) is 34.0 Å². The maximum Gasteiger partial charge on any atom is 0.187 e. The Balaban J connectivity index is 2.43. The molecule has 0 aliphatic rings. The van der Waals surface area contributed by atoms with E-state index in [1.165, 1.54) is 11.8 Å². The first-order valence-electron chi connectivity index (χ1n) is 4.99. The molecule has 0 bridgehead atoms. The van der Waals surface area contributed by atoms with Crippen molar-refractivity contribution in [2.75, 3.05) is 12.9 Å². The van der Waals surface area contributed by atoms with Crippen LogP contribution in [0.5, 0.6) is 0 Å². The van der Waals surface area contributed by atoms with Crippen molar-refractivity contribution in [3.63, 3.8) is 0 Å². The Hall–Kier alpha value is -0.650. The molecule has 0 aromatic carbocycles. The summed E-state index contributed by atoms with van der Waals surface area (Å²) in [5, 5.41) is 13.0. The number of aliphatic hydroxyl groups is 1. The van der Waals surface area contributed by atoms with Gasteiger partial charge in [0.15, 0.2) is 5.16 Å². The van der Waals surface area contributed by atoms with Crippen molar-refractivity contribution in [3.05, 3.63) is 18.0 Å². The van der Waals surface area contributed by atoms with Crippen LogP contribution in [0.3, 0.4) is 0 Å². The van der Waals surface area contributed by atoms with Gasteiger partial charge >= 0.3 is 0 Å². The average Bonchev–Trinajstić information content (AvgIpc) is 2.31. The van der Waals surface area contributed by atoms with Crippen LogP contribution in [0.2, 0.25) is 0 Å². The predicted octanol–water partition coefficient (Wildman–Crippen LogP) is 1.06. The molecule has 0 aliphatic heterocycles. The van der Waals surface area contributed by atoms with E-state index in [0.717, 1.165) is 17.1 Å². The standard InChI is InChI=1S/C10H17N3OS/c1-3-9(7-14)11-4-8-5-12-10(15-2)13-6-8/h5-6,9,11,14H,3-4,7H2,1-2H3/t9-/m0/s1. The SMILES string of the molecule is CC[C@@H](CO)NCc1cnc(SC)nc1. The number of nitrogens with zero attached hydrogens (tertiary/aromatic N) is 2. The van der Waals surface area contributed by atoms with E-state index >= 15 is 0 Å². The van der Waals surface area contributed by atoms with Crippen molar-refractivity contribution in [2.45, 2.75) is 31.1 Å². The molecule has 0 fully saturated rings. The molecule has 1 aromatic rings. The van der Waals surface area contributed by atoms with Crippen molar-refractivity contribution in [2.24, 2.45) is 0 Å². The lowest BCUT2D eigenvalue weighted by Gasteiger charge is -2.13. The van der Waals surface area contributed by atoms with Gasteiger partial charge in [-0.25, -0.2) is 9.97 Å². The molecule has 1 atom stereocenters. The van der Waals surface area contributed by atoms with Crippen LogP contribution in [0.1, 0.15) is 18.9 Å². The highest BCUT2D eigenvalue weighted by Crippen LogP contribution is 2.06. The van der Waals surface area contributed by atoms with Gasteiger partial charge in [0.1, 0.15) is 0 Å². The van der Waals surface area contributed by atoms with E-state index in [2.05, 4.69) is 15.3 Å². The topological polar surface area (TPSA) is 58.0 Å². The lowest BCUT2D eigenvalue weighted by atomic mass is 10.2. The first-order chi connectivity index (χ1) is 7.30. The summed E-state index contributed by atoms with van der Waals surface area (Å²) in [5.41, 5.74) is 1.04. The summed E-state index contributed by atoms with van der Waals surface area (Å²) in [4.78, 5) is 8.35. The molecule has 84 valence electrons. The summed E-state index contributed by atoms with van der Waals surface area (Å²) in [7, 11) is 0. The predicted molar refractivity (Wildman–Crippen MR) is 61.8 cm³/mol. The first kappa shape index (κ1) is 12.4. The molecule has 0 aliphatic carbocycles. The van der Waals surface area contributed by atoms with Crippen molar-refractivity contribution < 1.29 is 5.11 Å². The fourth-order valence-corrected chi connectivity index (χ4v) is 1.46. The second-order valence-corrected chi connectivity index (χ2v) is 4.02. The third kappa shape index (κ3) is 4.15. The third-order valence-corrected chi connectivity index (χ3v) is 2.75. The molecule has 15 heavy (non-hydrogen) atoms. The number of hydrogen-bond acceptors (Lipinski definition) is 5. The molecule has 4 nitrogen and oxygen atoms in total. The van der Waals surface area contributed by atoms with Gasteiger partial charge in [-0.05, 0) is 12.7 Å². The number of thioether (sulfide) groups is 1. The van der Waals surface area contributed by atoms with Crippen molar-refractivity contribution in [1.29, 1.82) is 0 Å². The normalized spacial score (nSPS) is 12.7. The lowest BCUT2D eigenvalue weighted by Crippen LogP contribution is -2.31. The van der Waals surface area contributed by atoms with Crippen molar-refractivity contribution in [1.82, 2.24) is 15.3 Å². The number of nitrogens with one attached hydrogen (secondary N) is 1. The van der Waals surface area contributed by atoms with E-state index in [0.29, 0.717) is 6.54 Å². The molecule has 5 heteroatoms. The Kier molecular flexibility index (Phi) is 5.60. The molecule has 2 N–H and O–H groups in total. The Morgan fingerprint density at radius 3 is 2.60 bits per heavy atom. The maximum atomic E-state index is 8.99. The van der Waals surface area contributed by atoms with Crippen LogP contribution in [0, 0.1) is 0 Å². The van der Waals surface area contributed by atoms with E-state index in [1.807, 2.05) is 25.6 Å². The molecule has 1 rings (SSSR count). The van der Waals surface area contributed by atoms with Crippen LogP contribution < -0.4 is 5.32 Å². The Morgan fingerprint density at radius 1 is 1.47 bits per heavy atom. The summed E-state index contributed by atoms with van der Waals surface area (Å²) in [5.74, 6) is 0. The molecular weight excluding hydrogens is 210 g/mol. The van der Waals surface area contributed by atoms with Gasteiger partial charge in [0.05, 0.1) is 6.61 Å². The van der Waals surface area contributed by atoms with Gasteiger partial charge in [-0.15, -0.1) is 0 Å². The average molecular weight is 227 g/mol. The Labute approximate surface area is 94.5 Å². The van der Waals surface area contributed by atoms with E-state index in [1.54, 1.807) is 0 Å². The second kappa shape index (κ2) is 6.76. The van der Waals surface area contributed by atoms with Crippen LogP contribution >= 0.6 is 11.8 Å². The van der Waals surface area contributed by atoms with Gasteiger partial charge in [0.25, 0.3) is 0 Å². The van der Waals surface area contributed by atoms with Gasteiger partial charge < -0.3 is 10.4 Å². The van der Waals surface area contributed by atoms with E-state index in [4.69, 9.17) is 5.11 Å². The smallest absolute Gasteiger partial charge is 0.187 e. The molecule has 0 spiro atoms. The highest BCUT2D eigenvalue weighted by atomic mass is 32.2. The highest BCUT2D eigenvalue weighted by Gasteiger charge is 2.03. The monoisotopic (exact) mass is 227 g/mol. The minimum absolute atomic E-state index is 0.158. The Bertz CT molecular complexity index is 275. The zero-order valence-electron chi connectivity index (χ0n) is 9.10. The summed E-state index contributed by atoms with van der Waals surface area (Å²) in [6, 6.07) is 0.158. The number of aliphatic hydroxyl groups excluding tert-OH is 1. The first-order valence-corrected chi connectivity index (χ1v) is 6.21. The van der Waals surface area contributed by atoms with E-state index in [-0.39, 0.29) is 12.6 Å². The van der Waals surface area contributed by atoms with Crippen molar-refractivity contribution >= 4 is 11.8 Å². The molecule has 0 radical (unpaired) electrons. The highest BCUT2D eigenvalue weighted by molar-refractivity contribution is 7.98. The zero-order valence-corrected chi connectivity index (χ0v) is 9.92. The zero-order chi connectivity index (χ0) is 11.1. The van der Waals surface area contributed by atoms with Crippen LogP contribution in [0.25, 0.3) is 0 Å². The molecule has 0 saturated heterocycles.